The van der Waals surface area contributed by atoms with Crippen LogP contribution in [-0.2, 0) is 6.18 Å². The van der Waals surface area contributed by atoms with Crippen molar-refractivity contribution >= 4 is 34.1 Å². The Bertz CT molecular complexity index is 1280. The number of amides is 2. The largest absolute Gasteiger partial charge is 0.506 e. The Morgan fingerprint density at radius 1 is 1.03 bits per heavy atom. The van der Waals surface area contributed by atoms with E-state index >= 15 is 0 Å². The number of alkyl halides is 3. The molecule has 4 aromatic rings. The second-order valence-electron chi connectivity index (χ2n) is 6.76. The van der Waals surface area contributed by atoms with Gasteiger partial charge in [-0.05, 0) is 53.6 Å². The number of halogens is 3. The normalized spacial score (nSPS) is 11.6. The number of nitrogen functional groups attached to an aromatic ring is 1. The standard InChI is InChI=1S/C21H16F3N5O2/c22-21(23,24)12-2-1-3-14(10-12)29(20(26)31)13-6-4-11(5-7-13)15-8-9-16(30)18-17(15)19(25)28-27-18/h1-10,30H,(H2,26,31)(H3,25,27,28). The van der Waals surface area contributed by atoms with E-state index in [1.165, 1.54) is 18.2 Å². The first-order valence-corrected chi connectivity index (χ1v) is 8.99. The zero-order chi connectivity index (χ0) is 22.3. The highest BCUT2D eigenvalue weighted by Crippen LogP contribution is 2.38. The van der Waals surface area contributed by atoms with Gasteiger partial charge in [-0.25, -0.2) is 4.79 Å². The molecule has 31 heavy (non-hydrogen) atoms. The molecule has 0 saturated carbocycles. The number of aromatic hydroxyl groups is 1. The zero-order valence-corrected chi connectivity index (χ0v) is 15.8. The van der Waals surface area contributed by atoms with Crippen molar-refractivity contribution in [3.63, 3.8) is 0 Å². The summed E-state index contributed by atoms with van der Waals surface area (Å²) in [6.07, 6.45) is -4.56. The van der Waals surface area contributed by atoms with E-state index in [1.807, 2.05) is 0 Å². The molecule has 0 aliphatic rings. The van der Waals surface area contributed by atoms with Crippen LogP contribution >= 0.6 is 0 Å². The molecule has 1 heterocycles. The van der Waals surface area contributed by atoms with Crippen molar-refractivity contribution in [1.82, 2.24) is 10.2 Å². The zero-order valence-electron chi connectivity index (χ0n) is 15.8. The van der Waals surface area contributed by atoms with Gasteiger partial charge < -0.3 is 16.6 Å². The predicted octanol–water partition coefficient (Wildman–Crippen LogP) is 4.75. The van der Waals surface area contributed by atoms with Crippen molar-refractivity contribution in [2.24, 2.45) is 5.73 Å². The van der Waals surface area contributed by atoms with Crippen LogP contribution in [0.3, 0.4) is 0 Å². The minimum Gasteiger partial charge on any atom is -0.506 e. The molecule has 0 radical (unpaired) electrons. The SMILES string of the molecule is NC(=O)N(c1ccc(-c2ccc(O)c3[nH]nc(N)c23)cc1)c1cccc(C(F)(F)F)c1. The summed E-state index contributed by atoms with van der Waals surface area (Å²) in [4.78, 5) is 13.0. The summed E-state index contributed by atoms with van der Waals surface area (Å²) in [5.41, 5.74) is 12.5. The average molecular weight is 427 g/mol. The topological polar surface area (TPSA) is 121 Å². The smallest absolute Gasteiger partial charge is 0.416 e. The van der Waals surface area contributed by atoms with Crippen LogP contribution in [0.2, 0.25) is 0 Å². The summed E-state index contributed by atoms with van der Waals surface area (Å²) in [7, 11) is 0. The molecule has 0 fully saturated rings. The van der Waals surface area contributed by atoms with Crippen LogP contribution in [0.15, 0.2) is 60.7 Å². The van der Waals surface area contributed by atoms with Crippen LogP contribution in [0.25, 0.3) is 22.0 Å². The summed E-state index contributed by atoms with van der Waals surface area (Å²) in [5.74, 6) is 0.191. The van der Waals surface area contributed by atoms with Gasteiger partial charge in [0.15, 0.2) is 5.82 Å². The lowest BCUT2D eigenvalue weighted by Crippen LogP contribution is -2.31. The molecule has 6 N–H and O–H groups in total. The van der Waals surface area contributed by atoms with Gasteiger partial charge in [0.25, 0.3) is 0 Å². The number of nitrogens with one attached hydrogen (secondary N) is 1. The molecule has 158 valence electrons. The molecule has 2 amide bonds. The van der Waals surface area contributed by atoms with Gasteiger partial charge in [0, 0.05) is 0 Å². The van der Waals surface area contributed by atoms with Crippen molar-refractivity contribution < 1.29 is 23.1 Å². The van der Waals surface area contributed by atoms with Gasteiger partial charge in [-0.1, -0.05) is 18.2 Å². The van der Waals surface area contributed by atoms with E-state index in [-0.39, 0.29) is 22.9 Å². The fourth-order valence-electron chi connectivity index (χ4n) is 3.40. The molecule has 0 unspecified atom stereocenters. The van der Waals surface area contributed by atoms with Gasteiger partial charge in [0.2, 0.25) is 0 Å². The number of benzene rings is 3. The monoisotopic (exact) mass is 427 g/mol. The number of H-pyrrole nitrogens is 1. The van der Waals surface area contributed by atoms with Crippen LogP contribution < -0.4 is 16.4 Å². The highest BCUT2D eigenvalue weighted by Gasteiger charge is 2.31. The van der Waals surface area contributed by atoms with Crippen molar-refractivity contribution in [2.45, 2.75) is 6.18 Å². The second-order valence-corrected chi connectivity index (χ2v) is 6.76. The van der Waals surface area contributed by atoms with E-state index in [0.29, 0.717) is 22.0 Å². The first kappa shape index (κ1) is 20.1. The van der Waals surface area contributed by atoms with E-state index in [4.69, 9.17) is 11.5 Å². The molecule has 0 saturated heterocycles. The first-order chi connectivity index (χ1) is 14.7. The van der Waals surface area contributed by atoms with Crippen LogP contribution in [0, 0.1) is 0 Å². The molecule has 1 aromatic heterocycles. The molecule has 0 spiro atoms. The number of anilines is 3. The third-order valence-electron chi connectivity index (χ3n) is 4.82. The highest BCUT2D eigenvalue weighted by molar-refractivity contribution is 6.04. The number of nitrogens with zero attached hydrogens (tertiary/aromatic N) is 2. The van der Waals surface area contributed by atoms with Crippen molar-refractivity contribution in [2.75, 3.05) is 10.6 Å². The third-order valence-corrected chi connectivity index (χ3v) is 4.82. The maximum absolute atomic E-state index is 13.1. The Kier molecular flexibility index (Phi) is 4.69. The van der Waals surface area contributed by atoms with Crippen molar-refractivity contribution in [3.8, 4) is 16.9 Å². The summed E-state index contributed by atoms with van der Waals surface area (Å²) in [6.45, 7) is 0. The van der Waals surface area contributed by atoms with Crippen LogP contribution in [-0.4, -0.2) is 21.3 Å². The quantitative estimate of drug-likeness (QED) is 0.377. The number of rotatable bonds is 3. The lowest BCUT2D eigenvalue weighted by atomic mass is 10.0. The average Bonchev–Trinajstić information content (AvgIpc) is 3.11. The van der Waals surface area contributed by atoms with Crippen molar-refractivity contribution in [1.29, 1.82) is 0 Å². The predicted molar refractivity (Wildman–Crippen MR) is 111 cm³/mol. The number of nitrogens with two attached hydrogens (primary N) is 2. The molecular weight excluding hydrogens is 411 g/mol. The molecular formula is C21H16F3N5O2. The number of hydrogen-bond acceptors (Lipinski definition) is 4. The second kappa shape index (κ2) is 7.24. The molecule has 10 heteroatoms. The lowest BCUT2D eigenvalue weighted by Gasteiger charge is -2.22. The molecule has 3 aromatic carbocycles. The fraction of sp³-hybridized carbons (Fsp3) is 0.0476. The van der Waals surface area contributed by atoms with Gasteiger partial charge in [-0.3, -0.25) is 10.00 Å². The van der Waals surface area contributed by atoms with Gasteiger partial charge in [-0.15, -0.1) is 0 Å². The number of aromatic amines is 1. The number of primary amides is 1. The number of phenols is 1. The Morgan fingerprint density at radius 2 is 1.74 bits per heavy atom. The van der Waals surface area contributed by atoms with E-state index in [0.717, 1.165) is 17.0 Å². The third kappa shape index (κ3) is 3.59. The lowest BCUT2D eigenvalue weighted by molar-refractivity contribution is -0.137. The summed E-state index contributed by atoms with van der Waals surface area (Å²) in [5, 5.41) is 17.1. The van der Waals surface area contributed by atoms with E-state index in [1.54, 1.807) is 30.3 Å². The number of urea groups is 1. The molecule has 0 aliphatic carbocycles. The minimum absolute atomic E-state index is 0.0102. The molecule has 0 bridgehead atoms. The molecule has 0 aliphatic heterocycles. The van der Waals surface area contributed by atoms with E-state index in [2.05, 4.69) is 10.2 Å². The number of aromatic nitrogens is 2. The Morgan fingerprint density at radius 3 is 2.39 bits per heavy atom. The molecule has 7 nitrogen and oxygen atoms in total. The van der Waals surface area contributed by atoms with Gasteiger partial charge in [-0.2, -0.15) is 18.3 Å². The summed E-state index contributed by atoms with van der Waals surface area (Å²) < 4.78 is 39.2. The highest BCUT2D eigenvalue weighted by atomic mass is 19.4. The van der Waals surface area contributed by atoms with Gasteiger partial charge >= 0.3 is 12.2 Å². The first-order valence-electron chi connectivity index (χ1n) is 8.99. The molecule has 0 atom stereocenters. The number of carbonyl (C=O) groups excluding carboxylic acids is 1. The van der Waals surface area contributed by atoms with Gasteiger partial charge in [0.1, 0.15) is 11.3 Å². The summed E-state index contributed by atoms with van der Waals surface area (Å²) >= 11 is 0. The van der Waals surface area contributed by atoms with Crippen LogP contribution in [0.4, 0.5) is 35.2 Å². The minimum atomic E-state index is -4.56. The van der Waals surface area contributed by atoms with Crippen LogP contribution in [0.1, 0.15) is 5.56 Å². The van der Waals surface area contributed by atoms with E-state index in [9.17, 15) is 23.1 Å². The summed E-state index contributed by atoms with van der Waals surface area (Å²) in [6, 6.07) is 13.0. The Balaban J connectivity index is 1.76. The number of hydrogen-bond donors (Lipinski definition) is 4. The Hall–Kier alpha value is -4.21. The number of fused-ring (bicyclic) bond motifs is 1. The van der Waals surface area contributed by atoms with Crippen LogP contribution in [0.5, 0.6) is 5.75 Å². The maximum Gasteiger partial charge on any atom is 0.416 e. The van der Waals surface area contributed by atoms with Crippen molar-refractivity contribution in [3.05, 3.63) is 66.2 Å². The number of carbonyl (C=O) groups is 1. The van der Waals surface area contributed by atoms with Gasteiger partial charge in [0.05, 0.1) is 22.3 Å². The number of phenolic OH excluding ortho intramolecular Hbond substituents is 1. The Labute approximate surface area is 173 Å². The fourth-order valence-corrected chi connectivity index (χ4v) is 3.40. The molecule has 4 rings (SSSR count). The van der Waals surface area contributed by atoms with E-state index < -0.39 is 17.8 Å². The maximum atomic E-state index is 13.1.